The molecule has 56 heavy (non-hydrogen) atoms. The molecule has 3 heterocycles. The normalized spacial score (nSPS) is 32.1. The zero-order valence-electron chi connectivity index (χ0n) is 32.5. The van der Waals surface area contributed by atoms with E-state index >= 15 is 0 Å². The first-order valence-corrected chi connectivity index (χ1v) is 18.8. The standard InChI is InChI=1S/C43H49N3O10/c1-20-10-8-11-21(2)43(54)45-37-38-36(44-31-18-26(19-47)16-17-46(31)38)35-33-27(14-15-29(50)34(35)41(37)53)22(3)32(30(55-7)13-9-12-28(33)49)42(56-25(6)48)24(5)40(52)23(4)39(20)51/h8-11,13,16-18,20,22-24,27,30,32,39-40,42,47,49,51-53H,12,19H2,1-7H3,(H,45,54)/b10-8+,13-9+,21-11-,33-28?/t20-,22?,23+,24+,27?,30-,32-,39-,40+,42-/m0/s1. The van der Waals surface area contributed by atoms with Crippen molar-refractivity contribution in [1.82, 2.24) is 9.38 Å². The Morgan fingerprint density at radius 2 is 1.79 bits per heavy atom. The van der Waals surface area contributed by atoms with Crippen molar-refractivity contribution < 1.29 is 49.4 Å². The van der Waals surface area contributed by atoms with Crippen LogP contribution in [0.3, 0.4) is 0 Å². The van der Waals surface area contributed by atoms with E-state index in [0.717, 1.165) is 0 Å². The molecule has 3 aromatic rings. The quantitative estimate of drug-likeness (QED) is 0.0688. The maximum Gasteiger partial charge on any atom is 0.302 e. The largest absolute Gasteiger partial charge is 0.512 e. The molecule has 13 nitrogen and oxygen atoms in total. The summed E-state index contributed by atoms with van der Waals surface area (Å²) in [5.41, 5.74) is 1.38. The number of methoxy groups -OCH3 is 1. The number of pyridine rings is 1. The van der Waals surface area contributed by atoms with E-state index in [1.165, 1.54) is 20.1 Å². The number of hydrogen-bond acceptors (Lipinski definition) is 11. The summed E-state index contributed by atoms with van der Waals surface area (Å²) < 4.78 is 13.7. The second-order valence-electron chi connectivity index (χ2n) is 15.2. The molecular formula is C43H49N3O10. The molecule has 10 atom stereocenters. The van der Waals surface area contributed by atoms with Gasteiger partial charge in [0, 0.05) is 67.0 Å². The molecule has 0 saturated heterocycles. The molecule has 6 bridgehead atoms. The van der Waals surface area contributed by atoms with E-state index in [4.69, 9.17) is 14.5 Å². The van der Waals surface area contributed by atoms with E-state index in [9.17, 15) is 39.9 Å². The molecule has 2 aromatic heterocycles. The molecule has 3 aliphatic rings. The first-order chi connectivity index (χ1) is 26.6. The molecule has 0 spiro atoms. The van der Waals surface area contributed by atoms with Gasteiger partial charge in [0.05, 0.1) is 36.4 Å². The van der Waals surface area contributed by atoms with Crippen molar-refractivity contribution in [2.24, 2.45) is 35.5 Å². The van der Waals surface area contributed by atoms with Gasteiger partial charge in [-0.2, -0.15) is 0 Å². The molecule has 6 rings (SSSR count). The lowest BCUT2D eigenvalue weighted by Gasteiger charge is -2.42. The number of phenols is 1. The molecule has 0 fully saturated rings. The van der Waals surface area contributed by atoms with Crippen molar-refractivity contribution in [1.29, 1.82) is 0 Å². The number of nitrogens with zero attached hydrogens (tertiary/aromatic N) is 2. The summed E-state index contributed by atoms with van der Waals surface area (Å²) in [7, 11) is 1.50. The van der Waals surface area contributed by atoms with Crippen LogP contribution in [-0.2, 0) is 25.7 Å². The number of hydrogen-bond donors (Lipinski definition) is 6. The second kappa shape index (κ2) is 16.1. The van der Waals surface area contributed by atoms with Crippen LogP contribution in [0.4, 0.5) is 5.69 Å². The third kappa shape index (κ3) is 7.14. The summed E-state index contributed by atoms with van der Waals surface area (Å²) in [5, 5.41) is 60.3. The smallest absolute Gasteiger partial charge is 0.302 e. The number of ether oxygens (including phenoxy) is 2. The number of phenolic OH excluding ortho intramolecular Hbond substituents is 1. The molecule has 6 N–H and O–H groups in total. The molecule has 0 radical (unpaired) electrons. The number of esters is 1. The summed E-state index contributed by atoms with van der Waals surface area (Å²) >= 11 is 0. The molecule has 1 aliphatic heterocycles. The summed E-state index contributed by atoms with van der Waals surface area (Å²) in [5.74, 6) is -1.35. The minimum absolute atomic E-state index is 0.0439. The van der Waals surface area contributed by atoms with Crippen LogP contribution in [0, 0.1) is 47.3 Å². The molecule has 296 valence electrons. The Morgan fingerprint density at radius 3 is 2.46 bits per heavy atom. The first-order valence-electron chi connectivity index (χ1n) is 18.8. The van der Waals surface area contributed by atoms with Crippen LogP contribution >= 0.6 is 0 Å². The van der Waals surface area contributed by atoms with E-state index in [0.29, 0.717) is 11.2 Å². The minimum atomic E-state index is -1.19. The molecule has 13 heteroatoms. The van der Waals surface area contributed by atoms with Crippen LogP contribution in [0.5, 0.6) is 5.75 Å². The number of carbonyl (C=O) groups excluding carboxylic acids is 3. The van der Waals surface area contributed by atoms with Crippen molar-refractivity contribution in [2.45, 2.75) is 79.0 Å². The molecule has 2 unspecified atom stereocenters. The topological polar surface area (TPSA) is 200 Å². The lowest BCUT2D eigenvalue weighted by atomic mass is 9.68. The fourth-order valence-electron chi connectivity index (χ4n) is 8.48. The second-order valence-corrected chi connectivity index (χ2v) is 15.2. The van der Waals surface area contributed by atoms with Gasteiger partial charge in [0.25, 0.3) is 5.91 Å². The fraction of sp³-hybridized carbons (Fsp3) is 0.442. The highest BCUT2D eigenvalue weighted by Crippen LogP contribution is 2.50. The highest BCUT2D eigenvalue weighted by atomic mass is 16.5. The average molecular weight is 768 g/mol. The third-order valence-corrected chi connectivity index (χ3v) is 11.7. The number of nitrogens with one attached hydrogen (secondary N) is 1. The predicted octanol–water partition coefficient (Wildman–Crippen LogP) is 5.01. The maximum atomic E-state index is 14.2. The highest BCUT2D eigenvalue weighted by Gasteiger charge is 2.47. The molecule has 1 aromatic carbocycles. The summed E-state index contributed by atoms with van der Waals surface area (Å²) in [6.45, 7) is 9.61. The van der Waals surface area contributed by atoms with Gasteiger partial charge in [0.15, 0.2) is 5.75 Å². The third-order valence-electron chi connectivity index (χ3n) is 11.7. The summed E-state index contributed by atoms with van der Waals surface area (Å²) in [6, 6.07) is 3.29. The Morgan fingerprint density at radius 1 is 1.05 bits per heavy atom. The number of aliphatic hydroxyl groups is 4. The lowest BCUT2D eigenvalue weighted by Crippen LogP contribution is -2.50. The van der Waals surface area contributed by atoms with Crippen LogP contribution in [0.2, 0.25) is 0 Å². The SMILES string of the molecule is CO[C@H]1/C=C/CC(O)=C2c3c4c(O)c(c5c3nc3cc(CO)ccn35)NC(=O)/C(C)=C\C=C\[C@H](C)[C@H](O)[C@@H](C)[C@@H](O)[C@@H](C)[C@H](OC(C)=O)[C@H]1C(C)C2C#CC4=O. The highest BCUT2D eigenvalue weighted by molar-refractivity contribution is 6.22. The van der Waals surface area contributed by atoms with Crippen LogP contribution < -0.4 is 5.32 Å². The minimum Gasteiger partial charge on any atom is -0.512 e. The molecule has 1 amide bonds. The Hall–Kier alpha value is -5.26. The maximum absolute atomic E-state index is 14.2. The summed E-state index contributed by atoms with van der Waals surface area (Å²) in [4.78, 5) is 45.8. The van der Waals surface area contributed by atoms with Gasteiger partial charge in [0.1, 0.15) is 34.2 Å². The Labute approximate surface area is 325 Å². The zero-order chi connectivity index (χ0) is 40.7. The van der Waals surface area contributed by atoms with Crippen molar-refractivity contribution in [2.75, 3.05) is 12.4 Å². The Kier molecular flexibility index (Phi) is 11.6. The number of amides is 1. The van der Waals surface area contributed by atoms with Gasteiger partial charge in [-0.15, -0.1) is 0 Å². The van der Waals surface area contributed by atoms with Crippen LogP contribution in [0.15, 0.2) is 60.0 Å². The number of carbonyl (C=O) groups is 3. The van der Waals surface area contributed by atoms with Gasteiger partial charge in [-0.25, -0.2) is 4.98 Å². The first kappa shape index (κ1) is 40.4. The number of fused-ring (bicyclic) bond motifs is 6. The monoisotopic (exact) mass is 767 g/mol. The van der Waals surface area contributed by atoms with Gasteiger partial charge in [0.2, 0.25) is 5.78 Å². The van der Waals surface area contributed by atoms with Gasteiger partial charge in [-0.05, 0) is 36.5 Å². The van der Waals surface area contributed by atoms with Crippen molar-refractivity contribution >= 4 is 45.6 Å². The van der Waals surface area contributed by atoms with Crippen molar-refractivity contribution in [3.8, 4) is 17.6 Å². The summed E-state index contributed by atoms with van der Waals surface area (Å²) in [6.07, 6.45) is 5.88. The lowest BCUT2D eigenvalue weighted by molar-refractivity contribution is -0.165. The molecule has 2 aliphatic carbocycles. The van der Waals surface area contributed by atoms with Gasteiger partial charge in [-0.3, -0.25) is 18.8 Å². The fourth-order valence-corrected chi connectivity index (χ4v) is 8.48. The predicted molar refractivity (Wildman–Crippen MR) is 209 cm³/mol. The van der Waals surface area contributed by atoms with Gasteiger partial charge >= 0.3 is 5.97 Å². The number of aromatic nitrogens is 2. The van der Waals surface area contributed by atoms with E-state index in [2.05, 4.69) is 17.2 Å². The Bertz CT molecular complexity index is 2270. The van der Waals surface area contributed by atoms with E-state index in [1.54, 1.807) is 74.7 Å². The van der Waals surface area contributed by atoms with Crippen LogP contribution in [0.25, 0.3) is 22.3 Å². The number of allylic oxidation sites excluding steroid dienone is 4. The number of anilines is 1. The number of aliphatic hydroxyl groups excluding tert-OH is 4. The van der Waals surface area contributed by atoms with Crippen molar-refractivity contribution in [3.63, 3.8) is 0 Å². The molecular weight excluding hydrogens is 718 g/mol. The van der Waals surface area contributed by atoms with Crippen LogP contribution in [0.1, 0.15) is 69.4 Å². The van der Waals surface area contributed by atoms with E-state index in [1.807, 2.05) is 6.92 Å². The van der Waals surface area contributed by atoms with Crippen LogP contribution in [-0.4, -0.2) is 84.1 Å². The van der Waals surface area contributed by atoms with Gasteiger partial charge in [-0.1, -0.05) is 64.0 Å². The number of aromatic hydroxyl groups is 1. The number of imidazole rings is 1. The Balaban J connectivity index is 1.73. The zero-order valence-corrected chi connectivity index (χ0v) is 32.5. The van der Waals surface area contributed by atoms with Gasteiger partial charge < -0.3 is 40.3 Å². The number of Topliss-reactive ketones (excluding diaryl/α,β-unsaturated/α-hetero) is 1. The molecule has 0 saturated carbocycles. The number of ketones is 1. The van der Waals surface area contributed by atoms with E-state index in [-0.39, 0.29) is 57.8 Å². The number of benzene rings is 1. The average Bonchev–Trinajstić information content (AvgIpc) is 3.49. The van der Waals surface area contributed by atoms with E-state index < -0.39 is 83.3 Å². The van der Waals surface area contributed by atoms with Crippen molar-refractivity contribution in [3.05, 3.63) is 76.7 Å². The number of rotatable bonds is 3.